The molecular formula is C41H46ClN15O21P4. The van der Waals surface area contributed by atoms with Crippen LogP contribution >= 0.6 is 42.7 Å². The van der Waals surface area contributed by atoms with Crippen LogP contribution < -0.4 is 37.9 Å². The van der Waals surface area contributed by atoms with E-state index in [1.54, 1.807) is 31.3 Å². The lowest BCUT2D eigenvalue weighted by molar-refractivity contribution is -0.110. The number of aromatic nitrogens is 12. The fourth-order valence-electron chi connectivity index (χ4n) is 8.89. The number of imidazole rings is 3. The third-order valence-electron chi connectivity index (χ3n) is 12.6. The second-order valence-corrected chi connectivity index (χ2v) is 24.6. The molecule has 2 saturated heterocycles. The van der Waals surface area contributed by atoms with Crippen molar-refractivity contribution >= 4 is 99.2 Å². The van der Waals surface area contributed by atoms with Gasteiger partial charge >= 0.3 is 31.1 Å². The molecule has 41 heteroatoms. The Morgan fingerprint density at radius 3 is 2.22 bits per heavy atom. The number of benzene rings is 2. The number of nitrogen functional groups attached to an aromatic ring is 2. The number of aromatic amines is 2. The predicted octanol–water partition coefficient (Wildman–Crippen LogP) is 0.579. The van der Waals surface area contributed by atoms with Crippen LogP contribution in [-0.4, -0.2) is 159 Å². The Morgan fingerprint density at radius 1 is 0.817 bits per heavy atom. The molecular weight excluding hydrogens is 1200 g/mol. The summed E-state index contributed by atoms with van der Waals surface area (Å²) in [4.78, 5) is 103. The SMILES string of the molecule is CNc1ncnc2c1ncn2C1OC(COP(=O)(O)OP(=O)(O)OP(=O)(O)c2ccc(-c3nc4nc(N)[nH]c(=O)c4n3CCOc3ccc(Cl)cc3)cc2)C(OP(=O)(O)OCC2OCC(O)(n3cnc4c(=O)[nH]c(N)nc43)C2O)C1OC. The molecule has 0 aliphatic carbocycles. The lowest BCUT2D eigenvalue weighted by Gasteiger charge is -2.28. The topological polar surface area (TPSA) is 508 Å². The van der Waals surface area contributed by atoms with Gasteiger partial charge < -0.3 is 70.1 Å². The van der Waals surface area contributed by atoms with Crippen LogP contribution in [0.1, 0.15) is 6.23 Å². The van der Waals surface area contributed by atoms with E-state index in [1.165, 1.54) is 33.9 Å². The third kappa shape index (κ3) is 11.9. The maximum absolute atomic E-state index is 13.8. The number of halogens is 1. The van der Waals surface area contributed by atoms with Crippen molar-refractivity contribution in [1.29, 1.82) is 0 Å². The van der Waals surface area contributed by atoms with Gasteiger partial charge in [-0.15, -0.1) is 0 Å². The van der Waals surface area contributed by atoms with E-state index >= 15 is 0 Å². The monoisotopic (exact) mass is 1240 g/mol. The summed E-state index contributed by atoms with van der Waals surface area (Å²) in [5.74, 6) is 0.267. The number of aliphatic hydroxyl groups excluding tert-OH is 1. The highest BCUT2D eigenvalue weighted by molar-refractivity contribution is 7.71. The number of H-pyrrole nitrogens is 2. The largest absolute Gasteiger partial charge is 0.492 e. The molecule has 8 aromatic rings. The Kier molecular flexibility index (Phi) is 16.2. The van der Waals surface area contributed by atoms with Gasteiger partial charge in [0.2, 0.25) is 11.9 Å². The molecule has 0 amide bonds. The number of phosphoric ester groups is 2. The zero-order valence-electron chi connectivity index (χ0n) is 42.0. The average molecular weight is 1240 g/mol. The molecule has 2 aliphatic rings. The van der Waals surface area contributed by atoms with Gasteiger partial charge in [-0.25, -0.2) is 42.9 Å². The molecule has 2 aliphatic heterocycles. The number of fused-ring (bicyclic) bond motifs is 3. The summed E-state index contributed by atoms with van der Waals surface area (Å²) in [5, 5.41) is 25.4. The number of nitrogens with two attached hydrogens (primary N) is 2. The van der Waals surface area contributed by atoms with Crippen LogP contribution in [-0.2, 0) is 66.9 Å². The van der Waals surface area contributed by atoms with Crippen LogP contribution in [0.15, 0.2) is 77.1 Å². The number of phosphoric acid groups is 3. The Morgan fingerprint density at radius 2 is 1.50 bits per heavy atom. The van der Waals surface area contributed by atoms with Gasteiger partial charge in [0.15, 0.2) is 45.7 Å². The number of methoxy groups -OCH3 is 1. The lowest BCUT2D eigenvalue weighted by Crippen LogP contribution is -2.47. The summed E-state index contributed by atoms with van der Waals surface area (Å²) in [7, 11) is -20.2. The van der Waals surface area contributed by atoms with E-state index in [9.17, 15) is 57.6 Å². The minimum atomic E-state index is -6.09. The third-order valence-corrected chi connectivity index (χ3v) is 18.6. The fourth-order valence-corrected chi connectivity index (χ4v) is 14.0. The molecule has 2 fully saturated rings. The van der Waals surface area contributed by atoms with Crippen LogP contribution in [0.3, 0.4) is 0 Å². The molecule has 13 N–H and O–H groups in total. The van der Waals surface area contributed by atoms with Crippen molar-refractivity contribution in [3.05, 3.63) is 93.2 Å². The van der Waals surface area contributed by atoms with E-state index in [4.69, 9.17) is 55.6 Å². The predicted molar refractivity (Wildman–Crippen MR) is 281 cm³/mol. The Labute approximate surface area is 462 Å². The Balaban J connectivity index is 0.834. The first-order valence-electron chi connectivity index (χ1n) is 23.5. The number of nitrogens with one attached hydrogen (secondary N) is 3. The zero-order valence-corrected chi connectivity index (χ0v) is 46.3. The van der Waals surface area contributed by atoms with Gasteiger partial charge in [0.25, 0.3) is 11.1 Å². The van der Waals surface area contributed by atoms with Crippen molar-refractivity contribution < 1.29 is 89.2 Å². The van der Waals surface area contributed by atoms with E-state index in [-0.39, 0.29) is 75.7 Å². The number of aliphatic hydroxyl groups is 2. The van der Waals surface area contributed by atoms with Crippen molar-refractivity contribution in [2.45, 2.75) is 49.0 Å². The second-order valence-electron chi connectivity index (χ2n) is 17.8. The van der Waals surface area contributed by atoms with Gasteiger partial charge in [0.1, 0.15) is 60.5 Å². The first-order chi connectivity index (χ1) is 38.8. The first-order valence-corrected chi connectivity index (χ1v) is 30.0. The van der Waals surface area contributed by atoms with Crippen LogP contribution in [0.2, 0.25) is 5.02 Å². The van der Waals surface area contributed by atoms with Crippen molar-refractivity contribution in [2.75, 3.05) is 57.4 Å². The van der Waals surface area contributed by atoms with Gasteiger partial charge in [0, 0.05) is 24.7 Å². The van der Waals surface area contributed by atoms with Gasteiger partial charge in [-0.2, -0.15) is 14.3 Å². The smallest absolute Gasteiger partial charge is 0.488 e. The minimum absolute atomic E-state index is 0.00319. The van der Waals surface area contributed by atoms with Crippen LogP contribution in [0, 0.1) is 0 Å². The summed E-state index contributed by atoms with van der Waals surface area (Å²) in [6.45, 7) is -2.83. The molecule has 6 aromatic heterocycles. The number of ether oxygens (including phenoxy) is 4. The van der Waals surface area contributed by atoms with Crippen LogP contribution in [0.25, 0.3) is 44.9 Å². The summed E-state index contributed by atoms with van der Waals surface area (Å²) in [5.41, 5.74) is 7.66. The Bertz CT molecular complexity index is 4040. The molecule has 2 aromatic carbocycles. The van der Waals surface area contributed by atoms with Crippen molar-refractivity contribution in [3.8, 4) is 17.1 Å². The van der Waals surface area contributed by atoms with Crippen LogP contribution in [0.5, 0.6) is 5.75 Å². The van der Waals surface area contributed by atoms with Crippen molar-refractivity contribution in [3.63, 3.8) is 0 Å². The highest BCUT2D eigenvalue weighted by atomic mass is 35.5. The van der Waals surface area contributed by atoms with E-state index in [1.807, 2.05) is 0 Å². The number of hydrogen-bond donors (Lipinski definition) is 11. The summed E-state index contributed by atoms with van der Waals surface area (Å²) >= 11 is 5.97. The van der Waals surface area contributed by atoms with E-state index in [0.29, 0.717) is 10.8 Å². The number of anilines is 3. The molecule has 36 nitrogen and oxygen atoms in total. The maximum atomic E-state index is 13.8. The number of rotatable bonds is 22. The van der Waals surface area contributed by atoms with Crippen LogP contribution in [0.4, 0.5) is 17.7 Å². The summed E-state index contributed by atoms with van der Waals surface area (Å²) in [6, 6.07) is 11.0. The van der Waals surface area contributed by atoms with Gasteiger partial charge in [-0.3, -0.25) is 46.8 Å². The second kappa shape index (κ2) is 22.6. The molecule has 10 rings (SSSR count). The zero-order chi connectivity index (χ0) is 58.7. The molecule has 0 bridgehead atoms. The molecule has 438 valence electrons. The first kappa shape index (κ1) is 58.7. The average Bonchev–Trinajstić information content (AvgIpc) is 2.94. The maximum Gasteiger partial charge on any atom is 0.488 e. The van der Waals surface area contributed by atoms with E-state index in [0.717, 1.165) is 30.1 Å². The summed E-state index contributed by atoms with van der Waals surface area (Å²) in [6.07, 6.45) is -6.72. The molecule has 8 heterocycles. The van der Waals surface area contributed by atoms with Gasteiger partial charge in [-0.1, -0.05) is 23.7 Å². The van der Waals surface area contributed by atoms with E-state index in [2.05, 4.69) is 58.8 Å². The van der Waals surface area contributed by atoms with Gasteiger partial charge in [0.05, 0.1) is 44.3 Å². The fraction of sp³-hybridized carbons (Fsp3) is 0.341. The highest BCUT2D eigenvalue weighted by Gasteiger charge is 2.54. The van der Waals surface area contributed by atoms with Gasteiger partial charge in [-0.05, 0) is 36.4 Å². The number of nitrogens with zero attached hydrogens (tertiary/aromatic N) is 10. The lowest BCUT2D eigenvalue weighted by atomic mass is 10.1. The quantitative estimate of drug-likeness (QED) is 0.0413. The molecule has 11 unspecified atom stereocenters. The minimum Gasteiger partial charge on any atom is -0.492 e. The highest BCUT2D eigenvalue weighted by Crippen LogP contribution is 2.67. The molecule has 0 radical (unpaired) electrons. The molecule has 11 atom stereocenters. The Hall–Kier alpha value is -6.46. The molecule has 82 heavy (non-hydrogen) atoms. The van der Waals surface area contributed by atoms with Crippen molar-refractivity contribution in [2.24, 2.45) is 0 Å². The van der Waals surface area contributed by atoms with Crippen molar-refractivity contribution in [1.82, 2.24) is 58.6 Å². The number of hydrogen-bond acceptors (Lipinski definition) is 27. The normalized spacial score (nSPS) is 24.1. The molecule has 0 saturated carbocycles. The summed E-state index contributed by atoms with van der Waals surface area (Å²) < 4.78 is 106. The standard InChI is InChI=1S/C41H46ClN15O21P4/c1-45-31-25-34(47-16-46-31)56(17-48-25)38-29(70-2)28(76-80(64,65)73-14-24-30(58)41(61,15-72-24)57-18-49-26-35(57)52-40(44)53-36(26)59)23(75-38)13-74-81(66,67)78-82(68,69)77-79(62,63)22-9-3-19(4-10-22)33-50-32-27(37(60)54-39(43)51-32)55(33)11-12-71-21-7-5-20(42)6-8-21/h3-10,16-18,23-24,28-30,38,58,61H,11-15H2,1-2H3,(H,62,63)(H,64,65)(H,66,67)(H,68,69)(H,45,46,47)(H3,43,51,54,60)(H3,44,52,53,59). The molecule has 0 spiro atoms. The van der Waals surface area contributed by atoms with E-state index < -0.39 is 110 Å².